The topological polar surface area (TPSA) is 6.48 Å². The summed E-state index contributed by atoms with van der Waals surface area (Å²) < 4.78 is 0. The van der Waals surface area contributed by atoms with E-state index in [0.717, 1.165) is 19.5 Å². The molecule has 0 fully saturated rings. The minimum absolute atomic E-state index is 0.768. The summed E-state index contributed by atoms with van der Waals surface area (Å²) in [5, 5.41) is 5.07. The number of para-hydroxylation sites is 1. The molecule has 0 aliphatic heterocycles. The maximum absolute atomic E-state index is 2.49. The first-order valence-corrected chi connectivity index (χ1v) is 20.0. The molecule has 0 N–H and O–H groups in total. The van der Waals surface area contributed by atoms with E-state index in [2.05, 4.69) is 230 Å². The molecular formula is C55H46N2. The second-order valence-corrected chi connectivity index (χ2v) is 15.1. The molecule has 7 aromatic carbocycles. The van der Waals surface area contributed by atoms with Gasteiger partial charge in [0.25, 0.3) is 0 Å². The van der Waals surface area contributed by atoms with Crippen LogP contribution in [0.5, 0.6) is 0 Å². The summed E-state index contributed by atoms with van der Waals surface area (Å²) in [5.41, 5.74) is 15.0. The average molecular weight is 735 g/mol. The highest BCUT2D eigenvalue weighted by Crippen LogP contribution is 2.40. The Hall–Kier alpha value is -6.90. The minimum atomic E-state index is 0.768. The number of nitrogens with zero attached hydrogens (tertiary/aromatic N) is 2. The zero-order chi connectivity index (χ0) is 38.6. The van der Waals surface area contributed by atoms with E-state index in [4.69, 9.17) is 0 Å². The fourth-order valence-electron chi connectivity index (χ4n) is 8.27. The molecule has 0 amide bonds. The maximum atomic E-state index is 2.49. The second kappa shape index (κ2) is 16.1. The monoisotopic (exact) mass is 734 g/mol. The number of allylic oxidation sites excluding steroid dienone is 9. The molecule has 276 valence electrons. The molecule has 2 heteroatoms. The van der Waals surface area contributed by atoms with Gasteiger partial charge in [-0.15, -0.1) is 0 Å². The highest BCUT2D eigenvalue weighted by molar-refractivity contribution is 6.13. The van der Waals surface area contributed by atoms with Crippen LogP contribution in [0.25, 0.3) is 38.8 Å². The van der Waals surface area contributed by atoms with Crippen molar-refractivity contribution in [2.24, 2.45) is 0 Å². The van der Waals surface area contributed by atoms with Gasteiger partial charge >= 0.3 is 0 Å². The van der Waals surface area contributed by atoms with Gasteiger partial charge in [-0.1, -0.05) is 175 Å². The zero-order valence-electron chi connectivity index (χ0n) is 32.6. The Bertz CT molecular complexity index is 2760. The normalized spacial score (nSPS) is 14.0. The van der Waals surface area contributed by atoms with Crippen molar-refractivity contribution in [1.82, 2.24) is 0 Å². The van der Waals surface area contributed by atoms with Crippen LogP contribution in [0, 0.1) is 0 Å². The van der Waals surface area contributed by atoms with Gasteiger partial charge in [-0.2, -0.15) is 0 Å². The molecule has 0 radical (unpaired) electrons. The van der Waals surface area contributed by atoms with Gasteiger partial charge in [0.15, 0.2) is 0 Å². The molecule has 0 atom stereocenters. The van der Waals surface area contributed by atoms with Gasteiger partial charge in [0.2, 0.25) is 0 Å². The summed E-state index contributed by atoms with van der Waals surface area (Å²) >= 11 is 0. The van der Waals surface area contributed by atoms with E-state index >= 15 is 0 Å². The summed E-state index contributed by atoms with van der Waals surface area (Å²) in [6, 6.07) is 59.4. The van der Waals surface area contributed by atoms with Crippen LogP contribution in [0.3, 0.4) is 0 Å². The molecule has 0 unspecified atom stereocenters. The number of fused-ring (bicyclic) bond motifs is 7. The SMILES string of the molecule is C/C(=C\C=C(/C)c1ccc(N(Cc2ccccc2)C2=Cc3ccccc3C3=CC=CC=C2C3)cc1)CN(c1ccccc1)c1cc2ccccc2c2ccccc12. The predicted octanol–water partition coefficient (Wildman–Crippen LogP) is 14.5. The molecule has 2 aliphatic carbocycles. The largest absolute Gasteiger partial charge is 0.337 e. The first kappa shape index (κ1) is 35.8. The fourth-order valence-corrected chi connectivity index (χ4v) is 8.27. The molecule has 2 bridgehead atoms. The standard InChI is InChI=1S/C55H46N2/c1-40(38-56(48-23-7-4-8-24-48)55-37-46-21-12-14-26-51(46)52-27-15-16-28-53(52)55)29-30-41(2)43-31-33-49(34-32-43)57(39-42-17-5-3-6-18-42)54-36-45-20-11-13-25-50(45)44-19-9-10-22-47(54)35-44/h3-34,36-37H,35,38-39H2,1-2H3/b40-29+,41-30+. The third-order valence-corrected chi connectivity index (χ3v) is 11.3. The molecule has 9 rings (SSSR count). The molecule has 0 spiro atoms. The molecule has 57 heavy (non-hydrogen) atoms. The summed E-state index contributed by atoms with van der Waals surface area (Å²) in [6.45, 7) is 6.00. The number of rotatable bonds is 10. The van der Waals surface area contributed by atoms with Crippen molar-refractivity contribution in [3.05, 3.63) is 239 Å². The Morgan fingerprint density at radius 3 is 1.98 bits per heavy atom. The smallest absolute Gasteiger partial charge is 0.0499 e. The minimum Gasteiger partial charge on any atom is -0.337 e. The molecule has 0 saturated carbocycles. The van der Waals surface area contributed by atoms with Crippen LogP contribution in [-0.4, -0.2) is 6.54 Å². The molecule has 0 saturated heterocycles. The number of benzene rings is 7. The Balaban J connectivity index is 1.03. The Morgan fingerprint density at radius 2 is 1.19 bits per heavy atom. The van der Waals surface area contributed by atoms with E-state index in [1.807, 2.05) is 0 Å². The van der Waals surface area contributed by atoms with Crippen molar-refractivity contribution in [2.75, 3.05) is 16.3 Å². The third-order valence-electron chi connectivity index (χ3n) is 11.3. The number of anilines is 3. The van der Waals surface area contributed by atoms with Crippen LogP contribution in [0.1, 0.15) is 42.5 Å². The van der Waals surface area contributed by atoms with Crippen molar-refractivity contribution < 1.29 is 0 Å². The lowest BCUT2D eigenvalue weighted by Crippen LogP contribution is -2.23. The molecule has 0 heterocycles. The van der Waals surface area contributed by atoms with Crippen molar-refractivity contribution in [3.63, 3.8) is 0 Å². The van der Waals surface area contributed by atoms with Crippen LogP contribution in [0.15, 0.2) is 217 Å². The second-order valence-electron chi connectivity index (χ2n) is 15.1. The van der Waals surface area contributed by atoms with Gasteiger partial charge in [-0.05, 0) is 105 Å². The third kappa shape index (κ3) is 7.55. The first-order valence-electron chi connectivity index (χ1n) is 20.0. The van der Waals surface area contributed by atoms with Crippen LogP contribution in [0.4, 0.5) is 17.1 Å². The van der Waals surface area contributed by atoms with Crippen LogP contribution < -0.4 is 9.80 Å². The van der Waals surface area contributed by atoms with Gasteiger partial charge in [0.1, 0.15) is 0 Å². The molecular weight excluding hydrogens is 689 g/mol. The van der Waals surface area contributed by atoms with Gasteiger partial charge in [0, 0.05) is 47.7 Å². The van der Waals surface area contributed by atoms with Gasteiger partial charge in [-0.3, -0.25) is 0 Å². The van der Waals surface area contributed by atoms with Crippen molar-refractivity contribution >= 4 is 55.8 Å². The number of hydrogen-bond donors (Lipinski definition) is 0. The molecule has 2 nitrogen and oxygen atoms in total. The van der Waals surface area contributed by atoms with Crippen molar-refractivity contribution in [2.45, 2.75) is 26.8 Å². The summed E-state index contributed by atoms with van der Waals surface area (Å²) in [6.07, 6.45) is 16.8. The van der Waals surface area contributed by atoms with E-state index in [1.165, 1.54) is 88.9 Å². The number of hydrogen-bond acceptors (Lipinski definition) is 2. The average Bonchev–Trinajstić information content (AvgIpc) is 3.61. The summed E-state index contributed by atoms with van der Waals surface area (Å²) in [4.78, 5) is 4.94. The van der Waals surface area contributed by atoms with E-state index in [0.29, 0.717) is 0 Å². The van der Waals surface area contributed by atoms with E-state index in [9.17, 15) is 0 Å². The molecule has 2 aliphatic rings. The zero-order valence-corrected chi connectivity index (χ0v) is 32.6. The predicted molar refractivity (Wildman–Crippen MR) is 246 cm³/mol. The Labute approximate surface area is 337 Å². The molecule has 7 aromatic rings. The Morgan fingerprint density at radius 1 is 0.561 bits per heavy atom. The van der Waals surface area contributed by atoms with Crippen LogP contribution >= 0.6 is 0 Å². The van der Waals surface area contributed by atoms with Gasteiger partial charge < -0.3 is 9.80 Å². The van der Waals surface area contributed by atoms with E-state index in [1.54, 1.807) is 0 Å². The van der Waals surface area contributed by atoms with Crippen molar-refractivity contribution in [1.29, 1.82) is 0 Å². The fraction of sp³-hybridized carbons (Fsp3) is 0.0909. The van der Waals surface area contributed by atoms with Crippen molar-refractivity contribution in [3.8, 4) is 0 Å². The molecule has 0 aromatic heterocycles. The van der Waals surface area contributed by atoms with E-state index in [-0.39, 0.29) is 0 Å². The highest BCUT2D eigenvalue weighted by Gasteiger charge is 2.23. The van der Waals surface area contributed by atoms with E-state index < -0.39 is 0 Å². The maximum Gasteiger partial charge on any atom is 0.0499 e. The lowest BCUT2D eigenvalue weighted by Gasteiger charge is -2.29. The summed E-state index contributed by atoms with van der Waals surface area (Å²) in [7, 11) is 0. The Kier molecular flexibility index (Phi) is 10.1. The van der Waals surface area contributed by atoms with Crippen LogP contribution in [-0.2, 0) is 6.54 Å². The summed E-state index contributed by atoms with van der Waals surface area (Å²) in [5.74, 6) is 0. The lowest BCUT2D eigenvalue weighted by molar-refractivity contribution is 0.918. The highest BCUT2D eigenvalue weighted by atomic mass is 15.1. The first-order chi connectivity index (χ1) is 28.1. The van der Waals surface area contributed by atoms with Gasteiger partial charge in [0.05, 0.1) is 0 Å². The lowest BCUT2D eigenvalue weighted by atomic mass is 9.97. The van der Waals surface area contributed by atoms with Crippen LogP contribution in [0.2, 0.25) is 0 Å². The van der Waals surface area contributed by atoms with Gasteiger partial charge in [-0.25, -0.2) is 0 Å². The quantitative estimate of drug-likeness (QED) is 0.102.